The van der Waals surface area contributed by atoms with Crippen LogP contribution in [0.1, 0.15) is 40.5 Å². The van der Waals surface area contributed by atoms with Gasteiger partial charge in [-0.05, 0) is 50.1 Å². The van der Waals surface area contributed by atoms with E-state index in [4.69, 9.17) is 4.74 Å². The van der Waals surface area contributed by atoms with E-state index in [1.165, 1.54) is 23.1 Å². The Balaban J connectivity index is 1.69. The first kappa shape index (κ1) is 21.4. The van der Waals surface area contributed by atoms with Crippen molar-refractivity contribution in [1.29, 1.82) is 0 Å². The molecule has 0 atom stereocenters. The molecule has 7 nitrogen and oxygen atoms in total. The number of carbonyl (C=O) groups excluding carboxylic acids is 2. The SMILES string of the molecule is CCOc1ccc(C(=O)N2CCC(C(=O)c3cc(F)ccc3F)CC2)cc1[N+](=O)[O-]. The number of benzene rings is 2. The maximum atomic E-state index is 13.9. The molecule has 158 valence electrons. The van der Waals surface area contributed by atoms with Crippen LogP contribution >= 0.6 is 0 Å². The van der Waals surface area contributed by atoms with E-state index in [1.54, 1.807) is 6.92 Å². The monoisotopic (exact) mass is 418 g/mol. The molecule has 0 radical (unpaired) electrons. The van der Waals surface area contributed by atoms with Crippen molar-refractivity contribution >= 4 is 17.4 Å². The maximum absolute atomic E-state index is 13.9. The molecule has 1 amide bonds. The summed E-state index contributed by atoms with van der Waals surface area (Å²) in [4.78, 5) is 37.4. The van der Waals surface area contributed by atoms with E-state index in [2.05, 4.69) is 0 Å². The van der Waals surface area contributed by atoms with Gasteiger partial charge in [-0.25, -0.2) is 8.78 Å². The number of carbonyl (C=O) groups is 2. The summed E-state index contributed by atoms with van der Waals surface area (Å²) in [6.45, 7) is 2.41. The van der Waals surface area contributed by atoms with Gasteiger partial charge < -0.3 is 9.64 Å². The molecule has 0 saturated carbocycles. The van der Waals surface area contributed by atoms with Gasteiger partial charge in [0.1, 0.15) is 11.6 Å². The molecule has 1 aliphatic rings. The summed E-state index contributed by atoms with van der Waals surface area (Å²) in [7, 11) is 0. The van der Waals surface area contributed by atoms with Gasteiger partial charge in [0.25, 0.3) is 5.91 Å². The van der Waals surface area contributed by atoms with Crippen molar-refractivity contribution in [2.24, 2.45) is 5.92 Å². The standard InChI is InChI=1S/C21H20F2N2O5/c1-2-30-19-6-3-14(11-18(19)25(28)29)21(27)24-9-7-13(8-10-24)20(26)16-12-15(22)4-5-17(16)23/h3-6,11-13H,2,7-10H2,1H3. The minimum absolute atomic E-state index is 0.0838. The van der Waals surface area contributed by atoms with Gasteiger partial charge in [-0.1, -0.05) is 0 Å². The molecule has 1 fully saturated rings. The van der Waals surface area contributed by atoms with Crippen molar-refractivity contribution in [2.45, 2.75) is 19.8 Å². The molecular weight excluding hydrogens is 398 g/mol. The summed E-state index contributed by atoms with van der Waals surface area (Å²) in [6, 6.07) is 6.77. The second kappa shape index (κ2) is 8.98. The lowest BCUT2D eigenvalue weighted by molar-refractivity contribution is -0.385. The fourth-order valence-electron chi connectivity index (χ4n) is 3.50. The van der Waals surface area contributed by atoms with Crippen molar-refractivity contribution in [2.75, 3.05) is 19.7 Å². The molecular formula is C21H20F2N2O5. The number of ketones is 1. The number of nitro benzene ring substituents is 1. The molecule has 0 unspecified atom stereocenters. The first-order valence-electron chi connectivity index (χ1n) is 9.51. The number of piperidine rings is 1. The molecule has 1 saturated heterocycles. The molecule has 2 aromatic carbocycles. The van der Waals surface area contributed by atoms with Gasteiger partial charge in [-0.2, -0.15) is 0 Å². The van der Waals surface area contributed by atoms with Crippen molar-refractivity contribution in [1.82, 2.24) is 4.90 Å². The molecule has 3 rings (SSSR count). The van der Waals surface area contributed by atoms with E-state index in [9.17, 15) is 28.5 Å². The third-order valence-electron chi connectivity index (χ3n) is 5.05. The Morgan fingerprint density at radius 1 is 1.17 bits per heavy atom. The molecule has 0 bridgehead atoms. The number of nitrogens with zero attached hydrogens (tertiary/aromatic N) is 2. The Morgan fingerprint density at radius 3 is 2.50 bits per heavy atom. The number of amides is 1. The lowest BCUT2D eigenvalue weighted by Gasteiger charge is -2.31. The highest BCUT2D eigenvalue weighted by Crippen LogP contribution is 2.30. The molecule has 30 heavy (non-hydrogen) atoms. The van der Waals surface area contributed by atoms with Crippen LogP contribution in [-0.4, -0.2) is 41.2 Å². The summed E-state index contributed by atoms with van der Waals surface area (Å²) in [6.07, 6.45) is 0.583. The van der Waals surface area contributed by atoms with Crippen LogP contribution in [0.5, 0.6) is 5.75 Å². The maximum Gasteiger partial charge on any atom is 0.311 e. The third kappa shape index (κ3) is 4.45. The molecule has 0 aliphatic carbocycles. The summed E-state index contributed by atoms with van der Waals surface area (Å²) in [5.41, 5.74) is -0.442. The number of likely N-dealkylation sites (tertiary alicyclic amines) is 1. The fraction of sp³-hybridized carbons (Fsp3) is 0.333. The van der Waals surface area contributed by atoms with Gasteiger partial charge in [0.05, 0.1) is 17.1 Å². The molecule has 1 aliphatic heterocycles. The minimum Gasteiger partial charge on any atom is -0.487 e. The zero-order chi connectivity index (χ0) is 21.8. The van der Waals surface area contributed by atoms with Crippen molar-refractivity contribution in [3.8, 4) is 5.75 Å². The van der Waals surface area contributed by atoms with Crippen LogP contribution in [-0.2, 0) is 0 Å². The highest BCUT2D eigenvalue weighted by atomic mass is 19.1. The predicted octanol–water partition coefficient (Wildman–Crippen LogP) is 4.01. The van der Waals surface area contributed by atoms with E-state index < -0.39 is 34.2 Å². The van der Waals surface area contributed by atoms with E-state index in [-0.39, 0.29) is 42.3 Å². The van der Waals surface area contributed by atoms with Gasteiger partial charge in [0.2, 0.25) is 0 Å². The number of ether oxygens (including phenoxy) is 1. The zero-order valence-electron chi connectivity index (χ0n) is 16.3. The van der Waals surface area contributed by atoms with E-state index in [0.29, 0.717) is 12.8 Å². The van der Waals surface area contributed by atoms with Crippen molar-refractivity contribution in [3.63, 3.8) is 0 Å². The first-order valence-corrected chi connectivity index (χ1v) is 9.51. The Labute approximate surface area is 171 Å². The average Bonchev–Trinajstić information content (AvgIpc) is 2.75. The van der Waals surface area contributed by atoms with Gasteiger partial charge in [-0.15, -0.1) is 0 Å². The first-order chi connectivity index (χ1) is 14.3. The topological polar surface area (TPSA) is 89.8 Å². The van der Waals surface area contributed by atoms with Crippen LogP contribution in [0, 0.1) is 27.7 Å². The molecule has 9 heteroatoms. The molecule has 0 N–H and O–H groups in total. The third-order valence-corrected chi connectivity index (χ3v) is 5.05. The van der Waals surface area contributed by atoms with E-state index in [1.807, 2.05) is 0 Å². The Hall–Kier alpha value is -3.36. The van der Waals surface area contributed by atoms with E-state index >= 15 is 0 Å². The Bertz CT molecular complexity index is 987. The summed E-state index contributed by atoms with van der Waals surface area (Å²) in [5.74, 6) is -2.80. The number of nitro groups is 1. The molecule has 0 aromatic heterocycles. The van der Waals surface area contributed by atoms with Crippen molar-refractivity contribution in [3.05, 3.63) is 69.3 Å². The summed E-state index contributed by atoms with van der Waals surface area (Å²) >= 11 is 0. The predicted molar refractivity (Wildman–Crippen MR) is 104 cm³/mol. The lowest BCUT2D eigenvalue weighted by atomic mass is 9.88. The largest absolute Gasteiger partial charge is 0.487 e. The minimum atomic E-state index is -0.776. The zero-order valence-corrected chi connectivity index (χ0v) is 16.3. The fourth-order valence-corrected chi connectivity index (χ4v) is 3.50. The number of Topliss-reactive ketones (excluding diaryl/α,β-unsaturated/α-hetero) is 1. The smallest absolute Gasteiger partial charge is 0.311 e. The van der Waals surface area contributed by atoms with Crippen molar-refractivity contribution < 1.29 is 28.0 Å². The average molecular weight is 418 g/mol. The van der Waals surface area contributed by atoms with Crippen LogP contribution in [0.25, 0.3) is 0 Å². The second-order valence-corrected chi connectivity index (χ2v) is 6.93. The number of rotatable bonds is 6. The second-order valence-electron chi connectivity index (χ2n) is 6.93. The quantitative estimate of drug-likeness (QED) is 0.402. The van der Waals surface area contributed by atoms with Crippen LogP contribution < -0.4 is 4.74 Å². The highest BCUT2D eigenvalue weighted by molar-refractivity contribution is 5.99. The summed E-state index contributed by atoms with van der Waals surface area (Å²) in [5, 5.41) is 11.3. The van der Waals surface area contributed by atoms with Crippen LogP contribution in [0.2, 0.25) is 0 Å². The molecule has 1 heterocycles. The number of hydrogen-bond acceptors (Lipinski definition) is 5. The normalized spacial score (nSPS) is 14.4. The van der Waals surface area contributed by atoms with Crippen LogP contribution in [0.15, 0.2) is 36.4 Å². The van der Waals surface area contributed by atoms with Gasteiger partial charge in [0, 0.05) is 30.6 Å². The highest BCUT2D eigenvalue weighted by Gasteiger charge is 2.30. The Morgan fingerprint density at radius 2 is 1.87 bits per heavy atom. The van der Waals surface area contributed by atoms with Crippen LogP contribution in [0.4, 0.5) is 14.5 Å². The van der Waals surface area contributed by atoms with Gasteiger partial charge in [0.15, 0.2) is 11.5 Å². The van der Waals surface area contributed by atoms with Gasteiger partial charge >= 0.3 is 5.69 Å². The van der Waals surface area contributed by atoms with E-state index in [0.717, 1.165) is 18.2 Å². The molecule has 0 spiro atoms. The van der Waals surface area contributed by atoms with Gasteiger partial charge in [-0.3, -0.25) is 19.7 Å². The number of halogens is 2. The Kier molecular flexibility index (Phi) is 6.39. The van der Waals surface area contributed by atoms with Crippen LogP contribution in [0.3, 0.4) is 0 Å². The molecule has 2 aromatic rings. The summed E-state index contributed by atoms with van der Waals surface area (Å²) < 4.78 is 32.5. The number of hydrogen-bond donors (Lipinski definition) is 0. The lowest BCUT2D eigenvalue weighted by Crippen LogP contribution is -2.40.